The lowest BCUT2D eigenvalue weighted by atomic mass is 10.2. The zero-order valence-electron chi connectivity index (χ0n) is 13.2. The molecule has 1 atom stereocenters. The van der Waals surface area contributed by atoms with Crippen LogP contribution in [0.1, 0.15) is 21.4 Å². The van der Waals surface area contributed by atoms with E-state index in [9.17, 15) is 23.6 Å². The number of sulfonamides is 1. The second-order valence-corrected chi connectivity index (χ2v) is 9.03. The monoisotopic (exact) mass is 410 g/mol. The molecular weight excluding hydrogens is 396 g/mol. The summed E-state index contributed by atoms with van der Waals surface area (Å²) in [6.45, 7) is -0.0184. The number of para-hydroxylation sites is 1. The van der Waals surface area contributed by atoms with Crippen molar-refractivity contribution in [3.05, 3.63) is 78.7 Å². The molecule has 0 spiro atoms. The first-order chi connectivity index (χ1) is 12.4. The van der Waals surface area contributed by atoms with Crippen molar-refractivity contribution < 1.29 is 18.4 Å². The molecule has 2 N–H and O–H groups in total. The molecule has 3 rings (SSSR count). The minimum atomic E-state index is -4.03. The van der Waals surface area contributed by atoms with Crippen LogP contribution in [0.5, 0.6) is 0 Å². The second kappa shape index (κ2) is 7.64. The van der Waals surface area contributed by atoms with Gasteiger partial charge in [-0.3, -0.25) is 10.1 Å². The van der Waals surface area contributed by atoms with E-state index >= 15 is 0 Å². The number of thiophene rings is 2. The van der Waals surface area contributed by atoms with Gasteiger partial charge in [0.05, 0.1) is 4.92 Å². The quantitative estimate of drug-likeness (QED) is 0.459. The van der Waals surface area contributed by atoms with Gasteiger partial charge in [0, 0.05) is 22.4 Å². The summed E-state index contributed by atoms with van der Waals surface area (Å²) in [6.07, 6.45) is -0.758. The maximum atomic E-state index is 12.4. The molecule has 0 fully saturated rings. The molecule has 0 radical (unpaired) electrons. The van der Waals surface area contributed by atoms with Crippen molar-refractivity contribution in [2.24, 2.45) is 0 Å². The van der Waals surface area contributed by atoms with E-state index in [1.54, 1.807) is 12.1 Å². The maximum absolute atomic E-state index is 12.4. The lowest BCUT2D eigenvalue weighted by Crippen LogP contribution is -2.23. The Kier molecular flexibility index (Phi) is 5.49. The van der Waals surface area contributed by atoms with Crippen LogP contribution in [-0.2, 0) is 16.6 Å². The minimum absolute atomic E-state index is 0.0184. The molecule has 136 valence electrons. The number of rotatable bonds is 7. The first-order valence-corrected chi connectivity index (χ1v) is 10.6. The van der Waals surface area contributed by atoms with Gasteiger partial charge in [-0.1, -0.05) is 12.1 Å². The Morgan fingerprint density at radius 2 is 1.96 bits per heavy atom. The van der Waals surface area contributed by atoms with Gasteiger partial charge in [-0.15, -0.1) is 11.3 Å². The zero-order chi connectivity index (χ0) is 18.7. The van der Waals surface area contributed by atoms with Gasteiger partial charge in [0.2, 0.25) is 10.0 Å². The van der Waals surface area contributed by atoms with Crippen molar-refractivity contribution in [3.8, 4) is 0 Å². The van der Waals surface area contributed by atoms with E-state index in [0.717, 1.165) is 11.6 Å². The second-order valence-electron chi connectivity index (χ2n) is 5.31. The molecule has 0 aliphatic rings. The standard InChI is InChI=1S/C16H14N2O5S3/c19-16(11-7-8-24-10-11)14-6-5-12(25-14)9-17-26(22,23)15-4-2-1-3-13(15)18(20)21/h1-8,10,16-17,19H,9H2. The average Bonchev–Trinajstić information content (AvgIpc) is 3.31. The van der Waals surface area contributed by atoms with E-state index in [2.05, 4.69) is 4.72 Å². The molecule has 0 aliphatic carbocycles. The SMILES string of the molecule is O=[N+]([O-])c1ccccc1S(=O)(=O)NCc1ccc(C(O)c2ccsc2)s1. The van der Waals surface area contributed by atoms with Gasteiger partial charge in [-0.05, 0) is 40.6 Å². The first kappa shape index (κ1) is 18.7. The predicted molar refractivity (Wildman–Crippen MR) is 99.8 cm³/mol. The van der Waals surface area contributed by atoms with Gasteiger partial charge < -0.3 is 5.11 Å². The Bertz CT molecular complexity index is 1010. The summed E-state index contributed by atoms with van der Waals surface area (Å²) >= 11 is 2.76. The minimum Gasteiger partial charge on any atom is -0.383 e. The Morgan fingerprint density at radius 1 is 1.19 bits per heavy atom. The Morgan fingerprint density at radius 3 is 2.65 bits per heavy atom. The fourth-order valence-electron chi connectivity index (χ4n) is 2.31. The fourth-order valence-corrected chi connectivity index (χ4v) is 5.22. The van der Waals surface area contributed by atoms with E-state index < -0.39 is 26.7 Å². The molecular formula is C16H14N2O5S3. The zero-order valence-corrected chi connectivity index (χ0v) is 15.7. The van der Waals surface area contributed by atoms with E-state index in [4.69, 9.17) is 0 Å². The van der Waals surface area contributed by atoms with E-state index in [-0.39, 0.29) is 11.4 Å². The number of aliphatic hydroxyl groups is 1. The van der Waals surface area contributed by atoms with E-state index in [1.165, 1.54) is 40.9 Å². The van der Waals surface area contributed by atoms with Crippen LogP contribution in [0.15, 0.2) is 58.1 Å². The predicted octanol–water partition coefficient (Wildman–Crippen LogP) is 3.28. The van der Waals surface area contributed by atoms with Crippen molar-refractivity contribution in [2.75, 3.05) is 0 Å². The van der Waals surface area contributed by atoms with Crippen LogP contribution >= 0.6 is 22.7 Å². The molecule has 2 aromatic heterocycles. The molecule has 10 heteroatoms. The lowest BCUT2D eigenvalue weighted by Gasteiger charge is -2.07. The van der Waals surface area contributed by atoms with Gasteiger partial charge in [0.1, 0.15) is 6.10 Å². The number of benzene rings is 1. The fraction of sp³-hybridized carbons (Fsp3) is 0.125. The summed E-state index contributed by atoms with van der Waals surface area (Å²) in [7, 11) is -4.03. The van der Waals surface area contributed by atoms with Gasteiger partial charge in [0.25, 0.3) is 5.69 Å². The van der Waals surface area contributed by atoms with Crippen LogP contribution in [0.2, 0.25) is 0 Å². The van der Waals surface area contributed by atoms with E-state index in [1.807, 2.05) is 16.8 Å². The van der Waals surface area contributed by atoms with Crippen LogP contribution in [0.4, 0.5) is 5.69 Å². The Hall–Kier alpha value is -2.11. The van der Waals surface area contributed by atoms with Crippen molar-refractivity contribution >= 4 is 38.4 Å². The lowest BCUT2D eigenvalue weighted by molar-refractivity contribution is -0.387. The molecule has 26 heavy (non-hydrogen) atoms. The van der Waals surface area contributed by atoms with Crippen LogP contribution in [0, 0.1) is 10.1 Å². The number of nitrogens with zero attached hydrogens (tertiary/aromatic N) is 1. The van der Waals surface area contributed by atoms with Gasteiger partial charge in [0.15, 0.2) is 4.90 Å². The topological polar surface area (TPSA) is 110 Å². The number of aliphatic hydroxyl groups excluding tert-OH is 1. The molecule has 3 aromatic rings. The Balaban J connectivity index is 1.74. The number of hydrogen-bond donors (Lipinski definition) is 2. The molecule has 0 bridgehead atoms. The third kappa shape index (κ3) is 4.00. The largest absolute Gasteiger partial charge is 0.383 e. The maximum Gasteiger partial charge on any atom is 0.289 e. The Labute approximate surface area is 157 Å². The average molecular weight is 410 g/mol. The molecule has 0 amide bonds. The van der Waals surface area contributed by atoms with Crippen molar-refractivity contribution in [1.82, 2.24) is 4.72 Å². The highest BCUT2D eigenvalue weighted by Crippen LogP contribution is 2.30. The molecule has 1 aromatic carbocycles. The summed E-state index contributed by atoms with van der Waals surface area (Å²) in [5.41, 5.74) is 0.309. The molecule has 0 saturated carbocycles. The number of nitrogens with one attached hydrogen (secondary N) is 1. The molecule has 2 heterocycles. The number of nitro groups is 1. The summed E-state index contributed by atoms with van der Waals surface area (Å²) in [5.74, 6) is 0. The first-order valence-electron chi connectivity index (χ1n) is 7.40. The summed E-state index contributed by atoms with van der Waals surface area (Å²) in [5, 5.41) is 25.0. The normalized spacial score (nSPS) is 12.8. The molecule has 0 saturated heterocycles. The number of hydrogen-bond acceptors (Lipinski definition) is 7. The summed E-state index contributed by atoms with van der Waals surface area (Å²) in [6, 6.07) is 10.5. The van der Waals surface area contributed by atoms with Crippen LogP contribution < -0.4 is 4.72 Å². The highest BCUT2D eigenvalue weighted by Gasteiger charge is 2.25. The van der Waals surface area contributed by atoms with Gasteiger partial charge >= 0.3 is 0 Å². The van der Waals surface area contributed by atoms with Gasteiger partial charge in [-0.25, -0.2) is 13.1 Å². The summed E-state index contributed by atoms with van der Waals surface area (Å²) < 4.78 is 27.2. The van der Waals surface area contributed by atoms with Crippen LogP contribution in [-0.4, -0.2) is 18.4 Å². The summed E-state index contributed by atoms with van der Waals surface area (Å²) in [4.78, 5) is 11.3. The highest BCUT2D eigenvalue weighted by molar-refractivity contribution is 7.89. The van der Waals surface area contributed by atoms with Crippen molar-refractivity contribution in [3.63, 3.8) is 0 Å². The van der Waals surface area contributed by atoms with Gasteiger partial charge in [-0.2, -0.15) is 11.3 Å². The number of nitro benzene ring substituents is 1. The molecule has 0 aliphatic heterocycles. The van der Waals surface area contributed by atoms with Crippen LogP contribution in [0.3, 0.4) is 0 Å². The third-order valence-corrected chi connectivity index (χ3v) is 6.89. The molecule has 7 nitrogen and oxygen atoms in total. The van der Waals surface area contributed by atoms with E-state index in [0.29, 0.717) is 9.75 Å². The smallest absolute Gasteiger partial charge is 0.289 e. The molecule has 1 unspecified atom stereocenters. The van der Waals surface area contributed by atoms with Crippen molar-refractivity contribution in [2.45, 2.75) is 17.5 Å². The highest BCUT2D eigenvalue weighted by atomic mass is 32.2. The third-order valence-electron chi connectivity index (χ3n) is 3.60. The van der Waals surface area contributed by atoms with Crippen molar-refractivity contribution in [1.29, 1.82) is 0 Å². The van der Waals surface area contributed by atoms with Crippen LogP contribution in [0.25, 0.3) is 0 Å².